The molecule has 0 bridgehead atoms. The fourth-order valence-electron chi connectivity index (χ4n) is 6.87. The minimum atomic E-state index is -0.797. The van der Waals surface area contributed by atoms with Crippen molar-refractivity contribution in [3.8, 4) is 51.2 Å². The number of hydrogen-bond acceptors (Lipinski definition) is 3. The summed E-state index contributed by atoms with van der Waals surface area (Å²) < 4.78 is 17.3. The van der Waals surface area contributed by atoms with Gasteiger partial charge in [0.25, 0.3) is 0 Å². The van der Waals surface area contributed by atoms with Crippen molar-refractivity contribution >= 4 is 0 Å². The van der Waals surface area contributed by atoms with Crippen molar-refractivity contribution in [2.75, 3.05) is 0 Å². The van der Waals surface area contributed by atoms with Gasteiger partial charge >= 0.3 is 11.5 Å². The zero-order valence-electron chi connectivity index (χ0n) is 22.0. The van der Waals surface area contributed by atoms with E-state index in [1.54, 1.807) is 0 Å². The number of hydrogen-bond donors (Lipinski definition) is 0. The number of aromatic nitrogens is 4. The summed E-state index contributed by atoms with van der Waals surface area (Å²) in [6, 6.07) is 33.3. The predicted molar refractivity (Wildman–Crippen MR) is 149 cm³/mol. The van der Waals surface area contributed by atoms with E-state index in [2.05, 4.69) is 88.8 Å². The van der Waals surface area contributed by atoms with Crippen LogP contribution in [-0.4, -0.2) is 9.78 Å². The number of pyridine rings is 1. The summed E-state index contributed by atoms with van der Waals surface area (Å²) in [5.41, 5.74) is 9.13. The molecule has 1 atom stereocenters. The molecule has 4 aromatic carbocycles. The molecular weight excluding hydrogens is 496 g/mol. The Morgan fingerprint density at radius 1 is 0.700 bits per heavy atom. The molecule has 3 aliphatic heterocycles. The largest absolute Gasteiger partial charge is 0.477 e. The molecule has 1 spiro atoms. The van der Waals surface area contributed by atoms with Crippen molar-refractivity contribution in [1.29, 1.82) is 0 Å². The van der Waals surface area contributed by atoms with Crippen molar-refractivity contribution < 1.29 is 18.8 Å². The van der Waals surface area contributed by atoms with Gasteiger partial charge in [-0.05, 0) is 66.4 Å². The molecule has 6 aromatic rings. The van der Waals surface area contributed by atoms with Crippen LogP contribution in [0.1, 0.15) is 22.3 Å². The average molecular weight is 521 g/mol. The number of benzene rings is 4. The first kappa shape index (κ1) is 21.7. The van der Waals surface area contributed by atoms with Crippen LogP contribution in [0.25, 0.3) is 28.1 Å². The lowest BCUT2D eigenvalue weighted by Crippen LogP contribution is -2.77. The van der Waals surface area contributed by atoms with Gasteiger partial charge in [-0.1, -0.05) is 63.8 Å². The van der Waals surface area contributed by atoms with Gasteiger partial charge in [-0.3, -0.25) is 0 Å². The minimum Gasteiger partial charge on any atom is -0.455 e. The third-order valence-electron chi connectivity index (χ3n) is 8.38. The molecule has 40 heavy (non-hydrogen) atoms. The van der Waals surface area contributed by atoms with Crippen LogP contribution in [0.3, 0.4) is 0 Å². The molecule has 9 rings (SSSR count). The van der Waals surface area contributed by atoms with E-state index in [0.29, 0.717) is 0 Å². The lowest BCUT2D eigenvalue weighted by molar-refractivity contribution is -1.02. The first-order valence-electron chi connectivity index (χ1n) is 13.5. The second-order valence-corrected chi connectivity index (χ2v) is 10.7. The van der Waals surface area contributed by atoms with E-state index in [4.69, 9.17) is 14.6 Å². The van der Waals surface area contributed by atoms with E-state index in [1.807, 2.05) is 48.5 Å². The van der Waals surface area contributed by atoms with E-state index in [1.165, 1.54) is 22.3 Å². The number of aryl methyl sites for hydroxylation is 2. The van der Waals surface area contributed by atoms with Crippen LogP contribution in [-0.2, 0) is 5.66 Å². The summed E-state index contributed by atoms with van der Waals surface area (Å²) in [5.74, 6) is 3.12. The standard InChI is InChI=1S/C34H24N4O2/c1-21-18-24(23-10-4-3-5-11-23)19-22(2)31(21)25-20-37-26-12-8-13-27-32(26)34(38(37)35-25)33-28(39-27)14-9-15-29(33)40-30-16-6-7-17-36(30)34/h3-20H,1-2H3/q+2. The van der Waals surface area contributed by atoms with Gasteiger partial charge in [0.15, 0.2) is 28.8 Å². The van der Waals surface area contributed by atoms with Crippen molar-refractivity contribution in [3.63, 3.8) is 0 Å². The summed E-state index contributed by atoms with van der Waals surface area (Å²) in [4.78, 5) is 2.11. The molecule has 0 amide bonds. The van der Waals surface area contributed by atoms with Crippen molar-refractivity contribution in [1.82, 2.24) is 9.78 Å². The van der Waals surface area contributed by atoms with Crippen LogP contribution < -0.4 is 18.8 Å². The highest BCUT2D eigenvalue weighted by atomic mass is 16.5. The molecule has 3 aliphatic rings. The Kier molecular flexibility index (Phi) is 4.04. The molecule has 0 N–H and O–H groups in total. The topological polar surface area (TPSA) is 44.0 Å². The van der Waals surface area contributed by atoms with Crippen LogP contribution in [0.15, 0.2) is 109 Å². The van der Waals surface area contributed by atoms with Crippen LogP contribution in [0.5, 0.6) is 23.1 Å². The molecule has 0 aliphatic carbocycles. The molecule has 0 saturated carbocycles. The van der Waals surface area contributed by atoms with Gasteiger partial charge in [-0.25, -0.2) is 0 Å². The quantitative estimate of drug-likeness (QED) is 0.254. The van der Waals surface area contributed by atoms with E-state index in [0.717, 1.165) is 51.2 Å². The van der Waals surface area contributed by atoms with Crippen LogP contribution in [0.4, 0.5) is 0 Å². The number of ether oxygens (including phenoxy) is 2. The fraction of sp³-hybridized carbons (Fsp3) is 0.0882. The monoisotopic (exact) mass is 520 g/mol. The molecule has 6 heteroatoms. The van der Waals surface area contributed by atoms with Gasteiger partial charge in [-0.2, -0.15) is 0 Å². The van der Waals surface area contributed by atoms with Gasteiger partial charge < -0.3 is 9.47 Å². The molecule has 5 heterocycles. The van der Waals surface area contributed by atoms with Gasteiger partial charge in [0.2, 0.25) is 0 Å². The van der Waals surface area contributed by atoms with Gasteiger partial charge in [0.1, 0.15) is 23.4 Å². The van der Waals surface area contributed by atoms with Crippen LogP contribution in [0.2, 0.25) is 0 Å². The van der Waals surface area contributed by atoms with Crippen LogP contribution in [0, 0.1) is 13.8 Å². The summed E-state index contributed by atoms with van der Waals surface area (Å²) in [6.07, 6.45) is 4.23. The Labute approximate surface area is 230 Å². The van der Waals surface area contributed by atoms with Crippen molar-refractivity contribution in [3.05, 3.63) is 132 Å². The zero-order valence-corrected chi connectivity index (χ0v) is 22.0. The van der Waals surface area contributed by atoms with E-state index >= 15 is 0 Å². The summed E-state index contributed by atoms with van der Waals surface area (Å²) in [6.45, 7) is 4.35. The first-order chi connectivity index (χ1) is 19.6. The maximum absolute atomic E-state index is 6.49. The second-order valence-electron chi connectivity index (χ2n) is 10.7. The average Bonchev–Trinajstić information content (AvgIpc) is 3.52. The lowest BCUT2D eigenvalue weighted by Gasteiger charge is -2.30. The Hall–Kier alpha value is -5.23. The Morgan fingerprint density at radius 2 is 1.40 bits per heavy atom. The molecule has 6 nitrogen and oxygen atoms in total. The maximum atomic E-state index is 6.49. The molecule has 1 unspecified atom stereocenters. The van der Waals surface area contributed by atoms with Crippen molar-refractivity contribution in [2.24, 2.45) is 0 Å². The number of rotatable bonds is 2. The van der Waals surface area contributed by atoms with Gasteiger partial charge in [-0.15, -0.1) is 0 Å². The van der Waals surface area contributed by atoms with E-state index < -0.39 is 5.66 Å². The number of fused-ring (bicyclic) bond motifs is 3. The van der Waals surface area contributed by atoms with Gasteiger partial charge in [0.05, 0.1) is 10.9 Å². The third kappa shape index (κ3) is 2.56. The summed E-state index contributed by atoms with van der Waals surface area (Å²) in [5, 5.41) is 5.39. The van der Waals surface area contributed by atoms with E-state index in [9.17, 15) is 0 Å². The second kappa shape index (κ2) is 7.45. The molecule has 190 valence electrons. The molecule has 0 saturated heterocycles. The summed E-state index contributed by atoms with van der Waals surface area (Å²) >= 11 is 0. The van der Waals surface area contributed by atoms with Gasteiger partial charge in [0, 0.05) is 16.7 Å². The normalized spacial score (nSPS) is 16.8. The minimum absolute atomic E-state index is 0.750. The smallest absolute Gasteiger partial charge is 0.455 e. The fourth-order valence-corrected chi connectivity index (χ4v) is 6.87. The Bertz CT molecular complexity index is 2010. The Balaban J connectivity index is 1.34. The predicted octanol–water partition coefficient (Wildman–Crippen LogP) is 6.22. The number of nitrogens with zero attached hydrogens (tertiary/aromatic N) is 4. The maximum Gasteiger partial charge on any atom is 0.477 e. The lowest BCUT2D eigenvalue weighted by atomic mass is 9.85. The molecule has 0 radical (unpaired) electrons. The highest BCUT2D eigenvalue weighted by Crippen LogP contribution is 2.55. The molecule has 2 aromatic heterocycles. The van der Waals surface area contributed by atoms with Crippen LogP contribution >= 0.6 is 0 Å². The summed E-state index contributed by atoms with van der Waals surface area (Å²) in [7, 11) is 0. The Morgan fingerprint density at radius 3 is 2.20 bits per heavy atom. The third-order valence-corrected chi connectivity index (χ3v) is 8.38. The highest BCUT2D eigenvalue weighted by molar-refractivity contribution is 5.75. The van der Waals surface area contributed by atoms with E-state index in [-0.39, 0.29) is 0 Å². The zero-order chi connectivity index (χ0) is 26.6. The van der Waals surface area contributed by atoms with Crippen molar-refractivity contribution in [2.45, 2.75) is 19.5 Å². The highest BCUT2D eigenvalue weighted by Gasteiger charge is 2.73. The molecular formula is C34H24N4O2+2. The molecule has 0 fully saturated rings. The SMILES string of the molecule is Cc1cc(-c2ccccc2)cc(C)c1-c1cn2[n+](n1)C13c4c(cccc4Oc4cccc[n+]41)Oc1cccc-2c13. The first-order valence-corrected chi connectivity index (χ1v) is 13.5.